The van der Waals surface area contributed by atoms with Gasteiger partial charge in [-0.1, -0.05) is 56.6 Å². The number of benzene rings is 2. The summed E-state index contributed by atoms with van der Waals surface area (Å²) in [4.78, 5) is 20.2. The minimum atomic E-state index is -3.24. The average Bonchev–Trinajstić information content (AvgIpc) is 3.21. The third-order valence-corrected chi connectivity index (χ3v) is 8.36. The van der Waals surface area contributed by atoms with Gasteiger partial charge in [-0.25, -0.2) is 8.42 Å². The highest BCUT2D eigenvalue weighted by Crippen LogP contribution is 2.38. The van der Waals surface area contributed by atoms with Crippen LogP contribution in [0.15, 0.2) is 65.7 Å². The number of pyridine rings is 1. The molecule has 0 aliphatic carbocycles. The fourth-order valence-corrected chi connectivity index (χ4v) is 5.52. The summed E-state index contributed by atoms with van der Waals surface area (Å²) in [5, 5.41) is 3.63. The van der Waals surface area contributed by atoms with E-state index < -0.39 is 9.84 Å². The summed E-state index contributed by atoms with van der Waals surface area (Å²) < 4.78 is 23.9. The molecule has 1 amide bonds. The Morgan fingerprint density at radius 1 is 1.11 bits per heavy atom. The Bertz CT molecular complexity index is 1310. The van der Waals surface area contributed by atoms with Crippen molar-refractivity contribution in [3.8, 4) is 0 Å². The van der Waals surface area contributed by atoms with E-state index >= 15 is 0 Å². The van der Waals surface area contributed by atoms with Crippen LogP contribution in [0.1, 0.15) is 59.6 Å². The van der Waals surface area contributed by atoms with Crippen LogP contribution in [0, 0.1) is 5.92 Å². The highest BCUT2D eigenvalue weighted by Gasteiger charge is 2.34. The first-order valence-corrected chi connectivity index (χ1v) is 13.8. The summed E-state index contributed by atoms with van der Waals surface area (Å²) in [6.45, 7) is 7.81. The fraction of sp³-hybridized carbons (Fsp3) is 0.333. The molecule has 0 fully saturated rings. The summed E-state index contributed by atoms with van der Waals surface area (Å²) in [6.07, 6.45) is 1.65. The summed E-state index contributed by atoms with van der Waals surface area (Å²) in [5.41, 5.74) is 4.63. The number of carbonyl (C=O) groups excluding carboxylic acids is 1. The van der Waals surface area contributed by atoms with E-state index in [1.165, 1.54) is 5.56 Å². The van der Waals surface area contributed by atoms with Crippen LogP contribution in [-0.2, 0) is 29.5 Å². The van der Waals surface area contributed by atoms with Crippen LogP contribution in [0.25, 0.3) is 0 Å². The summed E-state index contributed by atoms with van der Waals surface area (Å²) in [6, 6.07) is 16.6. The third-order valence-electron chi connectivity index (χ3n) is 6.36. The zero-order valence-electron chi connectivity index (χ0n) is 20.2. The number of sulfone groups is 1. The summed E-state index contributed by atoms with van der Waals surface area (Å²) >= 11 is 6.04. The van der Waals surface area contributed by atoms with Crippen molar-refractivity contribution in [1.82, 2.24) is 15.2 Å². The second kappa shape index (κ2) is 10.5. The number of aromatic nitrogens is 1. The van der Waals surface area contributed by atoms with E-state index in [0.29, 0.717) is 22.9 Å². The van der Waals surface area contributed by atoms with Crippen molar-refractivity contribution in [3.05, 3.63) is 93.8 Å². The quantitative estimate of drug-likeness (QED) is 0.451. The van der Waals surface area contributed by atoms with Crippen LogP contribution >= 0.6 is 11.6 Å². The molecule has 1 aliphatic rings. The number of rotatable bonds is 8. The molecule has 0 radical (unpaired) electrons. The van der Waals surface area contributed by atoms with Gasteiger partial charge in [-0.15, -0.1) is 0 Å². The number of amides is 1. The van der Waals surface area contributed by atoms with Crippen LogP contribution in [0.5, 0.6) is 0 Å². The van der Waals surface area contributed by atoms with Crippen molar-refractivity contribution in [3.63, 3.8) is 0 Å². The van der Waals surface area contributed by atoms with E-state index in [1.54, 1.807) is 37.4 Å². The normalized spacial score (nSPS) is 15.9. The Hall–Kier alpha value is -2.74. The van der Waals surface area contributed by atoms with Gasteiger partial charge >= 0.3 is 0 Å². The molecule has 35 heavy (non-hydrogen) atoms. The van der Waals surface area contributed by atoms with Crippen molar-refractivity contribution in [2.24, 2.45) is 5.92 Å². The number of nitrogens with one attached hydrogen (secondary N) is 1. The molecule has 1 aliphatic heterocycles. The Labute approximate surface area is 212 Å². The Balaban J connectivity index is 1.44. The van der Waals surface area contributed by atoms with E-state index in [9.17, 15) is 13.2 Å². The zero-order valence-corrected chi connectivity index (χ0v) is 21.7. The first-order chi connectivity index (χ1) is 16.7. The lowest BCUT2D eigenvalue weighted by Gasteiger charge is -2.27. The smallest absolute Gasteiger partial charge is 0.253 e. The van der Waals surface area contributed by atoms with E-state index in [2.05, 4.69) is 24.1 Å². The van der Waals surface area contributed by atoms with Crippen LogP contribution in [0.3, 0.4) is 0 Å². The van der Waals surface area contributed by atoms with Crippen molar-refractivity contribution < 1.29 is 13.2 Å². The lowest BCUT2D eigenvalue weighted by molar-refractivity contribution is 0.0950. The SMILES string of the molecule is CCS(=O)(=O)c1ccc(CNC(=O)c2cnc3c(c2)CN(Cc2ccc(Cl)cc2)C3C(C)C)cc1. The number of nitrogens with zero attached hydrogens (tertiary/aromatic N) is 2. The lowest BCUT2D eigenvalue weighted by Crippen LogP contribution is -2.25. The van der Waals surface area contributed by atoms with Gasteiger partial charge in [0.05, 0.1) is 27.9 Å². The van der Waals surface area contributed by atoms with E-state index in [0.717, 1.165) is 34.9 Å². The van der Waals surface area contributed by atoms with Gasteiger partial charge in [-0.2, -0.15) is 0 Å². The first-order valence-electron chi connectivity index (χ1n) is 11.7. The average molecular weight is 512 g/mol. The summed E-state index contributed by atoms with van der Waals surface area (Å²) in [5.74, 6) is 0.224. The lowest BCUT2D eigenvalue weighted by atomic mass is 9.99. The molecule has 3 aromatic rings. The molecule has 4 rings (SSSR count). The second-order valence-corrected chi connectivity index (χ2v) is 11.9. The zero-order chi connectivity index (χ0) is 25.2. The molecule has 2 aromatic carbocycles. The molecular weight excluding hydrogens is 482 g/mol. The Morgan fingerprint density at radius 2 is 1.77 bits per heavy atom. The molecule has 6 nitrogen and oxygen atoms in total. The third kappa shape index (κ3) is 5.74. The number of hydrogen-bond donors (Lipinski definition) is 1. The highest BCUT2D eigenvalue weighted by atomic mass is 35.5. The van der Waals surface area contributed by atoms with Crippen LogP contribution in [0.4, 0.5) is 0 Å². The predicted octanol–water partition coefficient (Wildman–Crippen LogP) is 5.17. The second-order valence-electron chi connectivity index (χ2n) is 9.22. The van der Waals surface area contributed by atoms with Crippen molar-refractivity contribution in [2.75, 3.05) is 5.75 Å². The van der Waals surface area contributed by atoms with Crippen LogP contribution in [-0.4, -0.2) is 30.0 Å². The largest absolute Gasteiger partial charge is 0.348 e. The van der Waals surface area contributed by atoms with E-state index in [-0.39, 0.29) is 17.7 Å². The monoisotopic (exact) mass is 511 g/mol. The van der Waals surface area contributed by atoms with Gasteiger partial charge in [0.15, 0.2) is 9.84 Å². The van der Waals surface area contributed by atoms with Crippen LogP contribution in [0.2, 0.25) is 5.02 Å². The van der Waals surface area contributed by atoms with E-state index in [1.807, 2.05) is 30.3 Å². The molecule has 1 atom stereocenters. The van der Waals surface area contributed by atoms with Gasteiger partial charge in [0, 0.05) is 30.9 Å². The number of hydrogen-bond acceptors (Lipinski definition) is 5. The maximum Gasteiger partial charge on any atom is 0.253 e. The molecule has 8 heteroatoms. The molecule has 0 bridgehead atoms. The van der Waals surface area contributed by atoms with Crippen molar-refractivity contribution in [1.29, 1.82) is 0 Å². The Morgan fingerprint density at radius 3 is 2.40 bits per heavy atom. The standard InChI is InChI=1S/C27H30ClN3O3S/c1-4-35(33,34)24-11-7-19(8-12-24)14-30-27(32)21-13-22-17-31(16-20-5-9-23(28)10-6-20)26(18(2)3)25(22)29-15-21/h5-13,15,18,26H,4,14,16-17H2,1-3H3,(H,30,32). The molecule has 2 heterocycles. The first kappa shape index (κ1) is 25.4. The highest BCUT2D eigenvalue weighted by molar-refractivity contribution is 7.91. The number of halogens is 1. The molecular formula is C27H30ClN3O3S. The molecule has 184 valence electrons. The van der Waals surface area contributed by atoms with Gasteiger partial charge in [-0.05, 0) is 52.9 Å². The molecule has 0 saturated carbocycles. The molecule has 0 spiro atoms. The minimum absolute atomic E-state index is 0.0587. The van der Waals surface area contributed by atoms with Gasteiger partial charge < -0.3 is 5.32 Å². The van der Waals surface area contributed by atoms with Gasteiger partial charge in [0.1, 0.15) is 0 Å². The predicted molar refractivity (Wildman–Crippen MR) is 138 cm³/mol. The summed E-state index contributed by atoms with van der Waals surface area (Å²) in [7, 11) is -3.24. The molecule has 0 saturated heterocycles. The Kier molecular flexibility index (Phi) is 7.59. The van der Waals surface area contributed by atoms with Crippen molar-refractivity contribution >= 4 is 27.3 Å². The van der Waals surface area contributed by atoms with E-state index in [4.69, 9.17) is 16.6 Å². The molecule has 1 aromatic heterocycles. The van der Waals surface area contributed by atoms with Gasteiger partial charge in [0.25, 0.3) is 5.91 Å². The number of carbonyl (C=O) groups is 1. The number of fused-ring (bicyclic) bond motifs is 1. The fourth-order valence-electron chi connectivity index (χ4n) is 4.51. The van der Waals surface area contributed by atoms with Gasteiger partial charge in [0.2, 0.25) is 0 Å². The molecule has 1 unspecified atom stereocenters. The van der Waals surface area contributed by atoms with Gasteiger partial charge in [-0.3, -0.25) is 14.7 Å². The van der Waals surface area contributed by atoms with Crippen molar-refractivity contribution in [2.45, 2.75) is 51.3 Å². The maximum absolute atomic E-state index is 12.8. The minimum Gasteiger partial charge on any atom is -0.348 e. The van der Waals surface area contributed by atoms with Crippen LogP contribution < -0.4 is 5.32 Å². The molecule has 1 N–H and O–H groups in total. The topological polar surface area (TPSA) is 79.4 Å². The maximum atomic E-state index is 12.8.